The summed E-state index contributed by atoms with van der Waals surface area (Å²) in [6.45, 7) is 5.56. The summed E-state index contributed by atoms with van der Waals surface area (Å²) >= 11 is 0. The molecule has 0 atom stereocenters. The fourth-order valence-electron chi connectivity index (χ4n) is 2.32. The van der Waals surface area contributed by atoms with E-state index in [-0.39, 0.29) is 0 Å². The van der Waals surface area contributed by atoms with Crippen LogP contribution in [0.3, 0.4) is 0 Å². The van der Waals surface area contributed by atoms with Gasteiger partial charge in [0.15, 0.2) is 0 Å². The maximum Gasteiger partial charge on any atom is 0.225 e. The highest BCUT2D eigenvalue weighted by atomic mass is 15.3. The van der Waals surface area contributed by atoms with Crippen LogP contribution in [0.2, 0.25) is 0 Å². The molecule has 1 fully saturated rings. The molecule has 3 heterocycles. The first-order chi connectivity index (χ1) is 9.74. The van der Waals surface area contributed by atoms with E-state index in [2.05, 4.69) is 24.8 Å². The SMILES string of the molecule is Cc1nc(N2CCN(c3ncccn3)CC2)ccc1N. The van der Waals surface area contributed by atoms with Crippen molar-refractivity contribution in [2.45, 2.75) is 6.92 Å². The number of hydrogen-bond acceptors (Lipinski definition) is 6. The van der Waals surface area contributed by atoms with E-state index in [4.69, 9.17) is 5.73 Å². The van der Waals surface area contributed by atoms with Crippen molar-refractivity contribution in [3.63, 3.8) is 0 Å². The number of nitrogens with zero attached hydrogens (tertiary/aromatic N) is 5. The van der Waals surface area contributed by atoms with Gasteiger partial charge in [0.1, 0.15) is 5.82 Å². The summed E-state index contributed by atoms with van der Waals surface area (Å²) in [6, 6.07) is 5.74. The fraction of sp³-hybridized carbons (Fsp3) is 0.357. The predicted molar refractivity (Wildman–Crippen MR) is 79.8 cm³/mol. The molecule has 2 aromatic rings. The van der Waals surface area contributed by atoms with Gasteiger partial charge < -0.3 is 15.5 Å². The summed E-state index contributed by atoms with van der Waals surface area (Å²) in [5.74, 6) is 1.79. The monoisotopic (exact) mass is 270 g/mol. The van der Waals surface area contributed by atoms with Gasteiger partial charge in [0.25, 0.3) is 0 Å². The molecule has 6 heteroatoms. The van der Waals surface area contributed by atoms with Gasteiger partial charge in [-0.25, -0.2) is 15.0 Å². The summed E-state index contributed by atoms with van der Waals surface area (Å²) in [4.78, 5) is 17.6. The number of rotatable bonds is 2. The number of nitrogen functional groups attached to an aromatic ring is 1. The van der Waals surface area contributed by atoms with Crippen LogP contribution in [-0.4, -0.2) is 41.1 Å². The van der Waals surface area contributed by atoms with E-state index < -0.39 is 0 Å². The zero-order valence-electron chi connectivity index (χ0n) is 11.5. The zero-order chi connectivity index (χ0) is 13.9. The normalized spacial score (nSPS) is 15.4. The van der Waals surface area contributed by atoms with E-state index >= 15 is 0 Å². The molecular weight excluding hydrogens is 252 g/mol. The van der Waals surface area contributed by atoms with Crippen LogP contribution in [0.25, 0.3) is 0 Å². The zero-order valence-corrected chi connectivity index (χ0v) is 11.5. The number of aryl methyl sites for hydroxylation is 1. The van der Waals surface area contributed by atoms with Crippen LogP contribution < -0.4 is 15.5 Å². The van der Waals surface area contributed by atoms with Gasteiger partial charge in [0, 0.05) is 38.6 Å². The molecule has 0 unspecified atom stereocenters. The summed E-state index contributed by atoms with van der Waals surface area (Å²) in [7, 11) is 0. The van der Waals surface area contributed by atoms with Crippen molar-refractivity contribution in [2.75, 3.05) is 41.7 Å². The summed E-state index contributed by atoms with van der Waals surface area (Å²) in [5.41, 5.74) is 7.44. The summed E-state index contributed by atoms with van der Waals surface area (Å²) < 4.78 is 0. The Morgan fingerprint density at radius 2 is 1.65 bits per heavy atom. The van der Waals surface area contributed by atoms with Crippen LogP contribution in [0.15, 0.2) is 30.6 Å². The number of piperazine rings is 1. The van der Waals surface area contributed by atoms with E-state index in [9.17, 15) is 0 Å². The minimum absolute atomic E-state index is 0.741. The standard InChI is InChI=1S/C14H18N6/c1-11-12(15)3-4-13(18-11)19-7-9-20(10-8-19)14-16-5-2-6-17-14/h2-6H,7-10,15H2,1H3. The Labute approximate surface area is 118 Å². The Kier molecular flexibility index (Phi) is 3.37. The average Bonchev–Trinajstić information content (AvgIpc) is 2.51. The molecule has 0 radical (unpaired) electrons. The Balaban J connectivity index is 1.68. The van der Waals surface area contributed by atoms with Crippen LogP contribution >= 0.6 is 0 Å². The van der Waals surface area contributed by atoms with Crippen molar-refractivity contribution in [2.24, 2.45) is 0 Å². The van der Waals surface area contributed by atoms with Gasteiger partial charge >= 0.3 is 0 Å². The van der Waals surface area contributed by atoms with Crippen LogP contribution in [0, 0.1) is 6.92 Å². The third-order valence-electron chi connectivity index (χ3n) is 3.55. The first-order valence-corrected chi connectivity index (χ1v) is 6.74. The maximum absolute atomic E-state index is 5.81. The van der Waals surface area contributed by atoms with Crippen LogP contribution in [0.5, 0.6) is 0 Å². The lowest BCUT2D eigenvalue weighted by atomic mass is 10.2. The highest BCUT2D eigenvalue weighted by molar-refractivity contribution is 5.51. The second kappa shape index (κ2) is 5.32. The smallest absolute Gasteiger partial charge is 0.225 e. The van der Waals surface area contributed by atoms with Gasteiger partial charge in [0.05, 0.1) is 11.4 Å². The van der Waals surface area contributed by atoms with Gasteiger partial charge in [-0.15, -0.1) is 0 Å². The van der Waals surface area contributed by atoms with Crippen molar-refractivity contribution in [1.82, 2.24) is 15.0 Å². The molecule has 1 aliphatic rings. The van der Waals surface area contributed by atoms with Crippen LogP contribution in [0.1, 0.15) is 5.69 Å². The van der Waals surface area contributed by atoms with E-state index in [1.807, 2.05) is 25.1 Å². The molecule has 0 bridgehead atoms. The molecule has 104 valence electrons. The minimum Gasteiger partial charge on any atom is -0.397 e. The number of pyridine rings is 1. The molecule has 3 rings (SSSR count). The number of nitrogens with two attached hydrogens (primary N) is 1. The second-order valence-corrected chi connectivity index (χ2v) is 4.87. The van der Waals surface area contributed by atoms with Crippen molar-refractivity contribution in [1.29, 1.82) is 0 Å². The molecule has 0 amide bonds. The number of anilines is 3. The van der Waals surface area contributed by atoms with E-state index in [0.717, 1.165) is 49.3 Å². The second-order valence-electron chi connectivity index (χ2n) is 4.87. The molecule has 0 aromatic carbocycles. The lowest BCUT2D eigenvalue weighted by Gasteiger charge is -2.35. The molecule has 6 nitrogen and oxygen atoms in total. The van der Waals surface area contributed by atoms with Crippen molar-refractivity contribution in [3.05, 3.63) is 36.3 Å². The summed E-state index contributed by atoms with van der Waals surface area (Å²) in [6.07, 6.45) is 3.55. The van der Waals surface area contributed by atoms with Crippen molar-refractivity contribution < 1.29 is 0 Å². The van der Waals surface area contributed by atoms with Crippen molar-refractivity contribution >= 4 is 17.5 Å². The Morgan fingerprint density at radius 3 is 2.30 bits per heavy atom. The van der Waals surface area contributed by atoms with Crippen LogP contribution in [0.4, 0.5) is 17.5 Å². The summed E-state index contributed by atoms with van der Waals surface area (Å²) in [5, 5.41) is 0. The topological polar surface area (TPSA) is 71.2 Å². The first kappa shape index (κ1) is 12.7. The number of aromatic nitrogens is 3. The highest BCUT2D eigenvalue weighted by Gasteiger charge is 2.19. The Morgan fingerprint density at radius 1 is 1.00 bits per heavy atom. The molecule has 20 heavy (non-hydrogen) atoms. The first-order valence-electron chi connectivity index (χ1n) is 6.74. The van der Waals surface area contributed by atoms with Gasteiger partial charge in [-0.3, -0.25) is 0 Å². The maximum atomic E-state index is 5.81. The van der Waals surface area contributed by atoms with Crippen LogP contribution in [-0.2, 0) is 0 Å². The van der Waals surface area contributed by atoms with E-state index in [1.165, 1.54) is 0 Å². The van der Waals surface area contributed by atoms with Gasteiger partial charge in [0.2, 0.25) is 5.95 Å². The number of hydrogen-bond donors (Lipinski definition) is 1. The molecule has 0 spiro atoms. The molecule has 2 N–H and O–H groups in total. The average molecular weight is 270 g/mol. The molecule has 0 aliphatic carbocycles. The lowest BCUT2D eigenvalue weighted by molar-refractivity contribution is 0.634. The lowest BCUT2D eigenvalue weighted by Crippen LogP contribution is -2.47. The van der Waals surface area contributed by atoms with E-state index in [0.29, 0.717) is 0 Å². The molecule has 2 aromatic heterocycles. The third kappa shape index (κ3) is 2.49. The predicted octanol–water partition coefficient (Wildman–Crippen LogP) is 1.09. The molecule has 1 saturated heterocycles. The molecule has 0 saturated carbocycles. The quantitative estimate of drug-likeness (QED) is 0.880. The molecular formula is C14H18N6. The molecule has 1 aliphatic heterocycles. The largest absolute Gasteiger partial charge is 0.397 e. The fourth-order valence-corrected chi connectivity index (χ4v) is 2.32. The van der Waals surface area contributed by atoms with Crippen molar-refractivity contribution in [3.8, 4) is 0 Å². The third-order valence-corrected chi connectivity index (χ3v) is 3.55. The Hall–Kier alpha value is -2.37. The van der Waals surface area contributed by atoms with Gasteiger partial charge in [-0.1, -0.05) is 0 Å². The highest BCUT2D eigenvalue weighted by Crippen LogP contribution is 2.18. The minimum atomic E-state index is 0.741. The van der Waals surface area contributed by atoms with E-state index in [1.54, 1.807) is 12.4 Å². The van der Waals surface area contributed by atoms with Gasteiger partial charge in [-0.05, 0) is 25.1 Å². The Bertz CT molecular complexity index is 577. The van der Waals surface area contributed by atoms with Gasteiger partial charge in [-0.2, -0.15) is 0 Å².